The van der Waals surface area contributed by atoms with Gasteiger partial charge in [-0.25, -0.2) is 5.43 Å². The largest absolute Gasteiger partial charge is 0.489 e. The van der Waals surface area contributed by atoms with Crippen LogP contribution in [-0.2, 0) is 17.8 Å². The third kappa shape index (κ3) is 6.94. The van der Waals surface area contributed by atoms with E-state index in [-0.39, 0.29) is 12.5 Å². The Hall–Kier alpha value is -3.31. The van der Waals surface area contributed by atoms with Crippen LogP contribution >= 0.6 is 11.6 Å². The molecular weight excluding hydrogens is 400 g/mol. The molecule has 6 heteroatoms. The average molecular weight is 423 g/mol. The van der Waals surface area contributed by atoms with Gasteiger partial charge < -0.3 is 9.47 Å². The second-order valence-electron chi connectivity index (χ2n) is 6.57. The predicted molar refractivity (Wildman–Crippen MR) is 119 cm³/mol. The number of halogens is 1. The lowest BCUT2D eigenvalue weighted by Crippen LogP contribution is -2.24. The van der Waals surface area contributed by atoms with Crippen LogP contribution in [0, 0.1) is 0 Å². The highest BCUT2D eigenvalue weighted by Crippen LogP contribution is 2.16. The van der Waals surface area contributed by atoms with Gasteiger partial charge in [0.2, 0.25) is 0 Å². The molecule has 0 fully saturated rings. The fourth-order valence-electron chi connectivity index (χ4n) is 2.61. The van der Waals surface area contributed by atoms with Gasteiger partial charge in [-0.05, 0) is 59.5 Å². The van der Waals surface area contributed by atoms with Crippen LogP contribution in [0.1, 0.15) is 23.6 Å². The summed E-state index contributed by atoms with van der Waals surface area (Å²) in [5.41, 5.74) is 5.51. The van der Waals surface area contributed by atoms with Crippen molar-refractivity contribution in [3.05, 3.63) is 94.5 Å². The van der Waals surface area contributed by atoms with E-state index < -0.39 is 0 Å². The highest BCUT2D eigenvalue weighted by molar-refractivity contribution is 6.30. The monoisotopic (exact) mass is 422 g/mol. The van der Waals surface area contributed by atoms with E-state index in [2.05, 4.69) is 17.5 Å². The molecule has 1 amide bonds. The van der Waals surface area contributed by atoms with Gasteiger partial charge in [0.1, 0.15) is 18.1 Å². The summed E-state index contributed by atoms with van der Waals surface area (Å²) >= 11 is 5.89. The Morgan fingerprint density at radius 1 is 0.967 bits per heavy atom. The van der Waals surface area contributed by atoms with Crippen molar-refractivity contribution in [2.24, 2.45) is 5.10 Å². The topological polar surface area (TPSA) is 59.9 Å². The zero-order valence-corrected chi connectivity index (χ0v) is 17.4. The van der Waals surface area contributed by atoms with E-state index in [0.717, 1.165) is 17.5 Å². The normalized spacial score (nSPS) is 10.7. The molecule has 0 spiro atoms. The Balaban J connectivity index is 1.45. The fourth-order valence-corrected chi connectivity index (χ4v) is 2.74. The molecule has 30 heavy (non-hydrogen) atoms. The van der Waals surface area contributed by atoms with Gasteiger partial charge in [-0.15, -0.1) is 0 Å². The van der Waals surface area contributed by atoms with Gasteiger partial charge in [-0.3, -0.25) is 4.79 Å². The number of benzene rings is 3. The first kappa shape index (κ1) is 21.4. The number of rotatable bonds is 9. The summed E-state index contributed by atoms with van der Waals surface area (Å²) in [6.45, 7) is 2.42. The van der Waals surface area contributed by atoms with Crippen molar-refractivity contribution in [1.29, 1.82) is 0 Å². The summed E-state index contributed by atoms with van der Waals surface area (Å²) in [5.74, 6) is 1.02. The molecule has 0 bridgehead atoms. The van der Waals surface area contributed by atoms with Crippen LogP contribution < -0.4 is 14.9 Å². The summed E-state index contributed by atoms with van der Waals surface area (Å²) in [7, 11) is 0. The molecule has 0 aliphatic rings. The average Bonchev–Trinajstić information content (AvgIpc) is 2.78. The Morgan fingerprint density at radius 3 is 2.43 bits per heavy atom. The molecule has 0 aliphatic heterocycles. The van der Waals surface area contributed by atoms with Crippen LogP contribution in [0.15, 0.2) is 77.9 Å². The lowest BCUT2D eigenvalue weighted by molar-refractivity contribution is -0.123. The molecule has 0 saturated carbocycles. The molecule has 1 N–H and O–H groups in total. The van der Waals surface area contributed by atoms with Gasteiger partial charge >= 0.3 is 0 Å². The number of aryl methyl sites for hydroxylation is 1. The van der Waals surface area contributed by atoms with Gasteiger partial charge in [0, 0.05) is 5.02 Å². The Bertz CT molecular complexity index is 986. The molecule has 0 saturated heterocycles. The van der Waals surface area contributed by atoms with E-state index in [9.17, 15) is 4.79 Å². The van der Waals surface area contributed by atoms with Crippen molar-refractivity contribution >= 4 is 23.7 Å². The molecule has 0 unspecified atom stereocenters. The summed E-state index contributed by atoms with van der Waals surface area (Å²) in [5, 5.41) is 4.67. The number of hydrazone groups is 1. The number of hydrogen-bond acceptors (Lipinski definition) is 4. The minimum absolute atomic E-state index is 0.104. The van der Waals surface area contributed by atoms with E-state index in [4.69, 9.17) is 21.1 Å². The fraction of sp³-hybridized carbons (Fsp3) is 0.167. The van der Waals surface area contributed by atoms with Crippen LogP contribution in [0.25, 0.3) is 0 Å². The zero-order valence-electron chi connectivity index (χ0n) is 16.7. The zero-order chi connectivity index (χ0) is 21.2. The second kappa shape index (κ2) is 11.0. The maximum atomic E-state index is 11.9. The lowest BCUT2D eigenvalue weighted by Gasteiger charge is -2.07. The van der Waals surface area contributed by atoms with E-state index >= 15 is 0 Å². The molecule has 0 aliphatic carbocycles. The Morgan fingerprint density at radius 2 is 1.70 bits per heavy atom. The number of ether oxygens (including phenoxy) is 2. The van der Waals surface area contributed by atoms with Crippen molar-refractivity contribution in [3.63, 3.8) is 0 Å². The van der Waals surface area contributed by atoms with Crippen LogP contribution in [0.4, 0.5) is 0 Å². The maximum absolute atomic E-state index is 11.9. The van der Waals surface area contributed by atoms with Gasteiger partial charge in [0.15, 0.2) is 6.61 Å². The van der Waals surface area contributed by atoms with Gasteiger partial charge in [0.05, 0.1) is 6.21 Å². The number of amides is 1. The highest BCUT2D eigenvalue weighted by Gasteiger charge is 2.02. The number of carbonyl (C=O) groups is 1. The van der Waals surface area contributed by atoms with Crippen molar-refractivity contribution in [2.75, 3.05) is 6.61 Å². The predicted octanol–water partition coefficient (Wildman–Crippen LogP) is 5.01. The standard InChI is InChI=1S/C24H23ClN2O3/c1-2-18-8-12-22(13-9-18)30-17-24(28)27-26-15-20-4-3-5-23(14-20)29-16-19-6-10-21(25)11-7-19/h3-15H,2,16-17H2,1H3,(H,27,28)/b26-15+. The highest BCUT2D eigenvalue weighted by atomic mass is 35.5. The summed E-state index contributed by atoms with van der Waals surface area (Å²) < 4.78 is 11.2. The number of carbonyl (C=O) groups excluding carboxylic acids is 1. The summed E-state index contributed by atoms with van der Waals surface area (Å²) in [6.07, 6.45) is 2.52. The van der Waals surface area contributed by atoms with Crippen LogP contribution in [0.3, 0.4) is 0 Å². The molecule has 0 aromatic heterocycles. The quantitative estimate of drug-likeness (QED) is 0.389. The van der Waals surface area contributed by atoms with Gasteiger partial charge in [-0.2, -0.15) is 5.10 Å². The van der Waals surface area contributed by atoms with Crippen molar-refractivity contribution in [2.45, 2.75) is 20.0 Å². The first-order valence-electron chi connectivity index (χ1n) is 9.63. The smallest absolute Gasteiger partial charge is 0.277 e. The number of hydrogen-bond donors (Lipinski definition) is 1. The maximum Gasteiger partial charge on any atom is 0.277 e. The van der Waals surface area contributed by atoms with Gasteiger partial charge in [0.25, 0.3) is 5.91 Å². The van der Waals surface area contributed by atoms with Crippen LogP contribution in [0.2, 0.25) is 5.02 Å². The Labute approximate surface area is 181 Å². The second-order valence-corrected chi connectivity index (χ2v) is 7.00. The first-order chi connectivity index (χ1) is 14.6. The van der Waals surface area contributed by atoms with E-state index in [1.807, 2.05) is 72.8 Å². The number of nitrogens with zero attached hydrogens (tertiary/aromatic N) is 1. The van der Waals surface area contributed by atoms with Crippen LogP contribution in [-0.4, -0.2) is 18.7 Å². The molecular formula is C24H23ClN2O3. The molecule has 3 aromatic carbocycles. The third-order valence-corrected chi connectivity index (χ3v) is 4.53. The van der Waals surface area contributed by atoms with E-state index in [1.165, 1.54) is 5.56 Å². The molecule has 3 rings (SSSR count). The summed E-state index contributed by atoms with van der Waals surface area (Å²) in [4.78, 5) is 11.9. The number of nitrogens with one attached hydrogen (secondary N) is 1. The molecule has 154 valence electrons. The molecule has 0 radical (unpaired) electrons. The van der Waals surface area contributed by atoms with Crippen molar-refractivity contribution in [3.8, 4) is 11.5 Å². The van der Waals surface area contributed by atoms with Crippen molar-refractivity contribution in [1.82, 2.24) is 5.43 Å². The molecule has 0 heterocycles. The minimum atomic E-state index is -0.332. The van der Waals surface area contributed by atoms with E-state index in [0.29, 0.717) is 23.1 Å². The molecule has 5 nitrogen and oxygen atoms in total. The molecule has 0 atom stereocenters. The SMILES string of the molecule is CCc1ccc(OCC(=O)N/N=C/c2cccc(OCc3ccc(Cl)cc3)c2)cc1. The lowest BCUT2D eigenvalue weighted by atomic mass is 10.2. The third-order valence-electron chi connectivity index (χ3n) is 4.28. The van der Waals surface area contributed by atoms with Crippen molar-refractivity contribution < 1.29 is 14.3 Å². The van der Waals surface area contributed by atoms with Gasteiger partial charge in [-0.1, -0.05) is 54.9 Å². The summed E-state index contributed by atoms with van der Waals surface area (Å²) in [6, 6.07) is 22.6. The molecule has 3 aromatic rings. The minimum Gasteiger partial charge on any atom is -0.489 e. The Kier molecular flexibility index (Phi) is 7.86. The first-order valence-corrected chi connectivity index (χ1v) is 10.0. The van der Waals surface area contributed by atoms with Crippen LogP contribution in [0.5, 0.6) is 11.5 Å². The van der Waals surface area contributed by atoms with E-state index in [1.54, 1.807) is 6.21 Å².